The van der Waals surface area contributed by atoms with Crippen LogP contribution in [0.2, 0.25) is 0 Å². The topological polar surface area (TPSA) is 250 Å². The van der Waals surface area contributed by atoms with E-state index in [1.807, 2.05) is 0 Å². The van der Waals surface area contributed by atoms with Crippen molar-refractivity contribution < 1.29 is 47.9 Å². The molecule has 0 aliphatic carbocycles. The summed E-state index contributed by atoms with van der Waals surface area (Å²) in [7, 11) is 1.17. The van der Waals surface area contributed by atoms with E-state index in [1.54, 1.807) is 41.5 Å². The third-order valence-electron chi connectivity index (χ3n) is 7.60. The number of hydrogen-bond donors (Lipinski definition) is 7. The Balaban J connectivity index is 2.78. The zero-order valence-corrected chi connectivity index (χ0v) is 29.5. The first-order chi connectivity index (χ1) is 22.9. The van der Waals surface area contributed by atoms with Crippen LogP contribution in [0.15, 0.2) is 0 Å². The maximum atomic E-state index is 13.6. The summed E-state index contributed by atoms with van der Waals surface area (Å²) in [5, 5.41) is 17.4. The first-order valence-corrected chi connectivity index (χ1v) is 16.2. The predicted octanol–water partition coefficient (Wildman–Crippen LogP) is -2.94. The summed E-state index contributed by atoms with van der Waals surface area (Å²) in [5.41, 5.74) is 0. The van der Waals surface area contributed by atoms with Gasteiger partial charge in [0.25, 0.3) is 0 Å². The summed E-state index contributed by atoms with van der Waals surface area (Å²) in [4.78, 5) is 113. The van der Waals surface area contributed by atoms with E-state index in [0.717, 1.165) is 0 Å². The SMILES string of the molecule is COC(=O)CNC(=O)[C@@H](NC(=O)CNC(=O)[C@@H]1CCCN1C(=O)[C@@H](NC(=O)CNC(=O)[C@@H](NC(=O)CNC(C)=O)C(C)C)C(C)C)C(C)C. The highest BCUT2D eigenvalue weighted by Crippen LogP contribution is 2.20. The monoisotopic (exact) mass is 696 g/mol. The lowest BCUT2D eigenvalue weighted by Gasteiger charge is -2.30. The lowest BCUT2D eigenvalue weighted by molar-refractivity contribution is -0.142. The Bertz CT molecular complexity index is 1240. The summed E-state index contributed by atoms with van der Waals surface area (Å²) in [6, 6.07) is -3.91. The lowest BCUT2D eigenvalue weighted by atomic mass is 10.0. The van der Waals surface area contributed by atoms with E-state index < -0.39 is 96.4 Å². The van der Waals surface area contributed by atoms with Crippen LogP contribution in [0.5, 0.6) is 0 Å². The molecule has 0 bridgehead atoms. The van der Waals surface area contributed by atoms with Gasteiger partial charge in [-0.1, -0.05) is 41.5 Å². The molecule has 1 aliphatic rings. The number of carbonyl (C=O) groups is 9. The van der Waals surface area contributed by atoms with Gasteiger partial charge in [-0.25, -0.2) is 0 Å². The van der Waals surface area contributed by atoms with Gasteiger partial charge in [0.05, 0.1) is 26.7 Å². The second kappa shape index (κ2) is 20.6. The van der Waals surface area contributed by atoms with Crippen LogP contribution in [0, 0.1) is 17.8 Å². The summed E-state index contributed by atoms with van der Waals surface area (Å²) < 4.78 is 4.49. The van der Waals surface area contributed by atoms with Gasteiger partial charge in [0.1, 0.15) is 30.7 Å². The number of methoxy groups -OCH3 is 1. The highest BCUT2D eigenvalue weighted by molar-refractivity contribution is 5.96. The minimum absolute atomic E-state index is 0.239. The van der Waals surface area contributed by atoms with Crippen LogP contribution in [-0.4, -0.2) is 122 Å². The first kappa shape index (κ1) is 42.3. The van der Waals surface area contributed by atoms with Crippen LogP contribution in [-0.2, 0) is 47.9 Å². The number of likely N-dealkylation sites (tertiary alicyclic amines) is 1. The van der Waals surface area contributed by atoms with E-state index in [-0.39, 0.29) is 31.5 Å². The van der Waals surface area contributed by atoms with E-state index in [0.29, 0.717) is 12.8 Å². The standard InChI is InChI=1S/C31H52N8O10/c1-16(2)25(36-21(41)12-32-19(7)40)29(46)34-14-23(43)38-27(18(5)6)31(48)39-11-9-10-20(39)28(45)33-13-22(42)37-26(17(3)4)30(47)35-15-24(44)49-8/h16-18,20,25-27H,9-15H2,1-8H3,(H,32,40)(H,33,45)(H,34,46)(H,35,47)(H,36,41)(H,37,42)(H,38,43)/t20-,25-,26-,27-/m0/s1. The number of nitrogens with zero attached hydrogens (tertiary/aromatic N) is 1. The van der Waals surface area contributed by atoms with Crippen molar-refractivity contribution >= 4 is 53.2 Å². The van der Waals surface area contributed by atoms with Gasteiger partial charge in [0.15, 0.2) is 0 Å². The number of ether oxygens (including phenoxy) is 1. The van der Waals surface area contributed by atoms with Gasteiger partial charge in [0, 0.05) is 13.5 Å². The molecule has 0 unspecified atom stereocenters. The highest BCUT2D eigenvalue weighted by Gasteiger charge is 2.39. The molecule has 0 saturated carbocycles. The fraction of sp³-hybridized carbons (Fsp3) is 0.710. The first-order valence-electron chi connectivity index (χ1n) is 16.2. The van der Waals surface area contributed by atoms with Gasteiger partial charge in [-0.05, 0) is 30.6 Å². The molecule has 1 fully saturated rings. The number of nitrogens with one attached hydrogen (secondary N) is 7. The minimum atomic E-state index is -1.03. The van der Waals surface area contributed by atoms with Crippen molar-refractivity contribution in [2.45, 2.75) is 85.5 Å². The molecule has 1 saturated heterocycles. The average Bonchev–Trinajstić information content (AvgIpc) is 3.53. The molecule has 1 heterocycles. The van der Waals surface area contributed by atoms with Crippen molar-refractivity contribution in [2.24, 2.45) is 17.8 Å². The van der Waals surface area contributed by atoms with E-state index in [9.17, 15) is 43.2 Å². The van der Waals surface area contributed by atoms with Crippen LogP contribution in [0.25, 0.3) is 0 Å². The maximum absolute atomic E-state index is 13.6. The molecule has 49 heavy (non-hydrogen) atoms. The Labute approximate surface area is 286 Å². The fourth-order valence-electron chi connectivity index (χ4n) is 4.85. The van der Waals surface area contributed by atoms with Gasteiger partial charge >= 0.3 is 5.97 Å². The Morgan fingerprint density at radius 3 is 1.51 bits per heavy atom. The molecule has 1 aliphatic heterocycles. The van der Waals surface area contributed by atoms with Crippen LogP contribution < -0.4 is 37.2 Å². The summed E-state index contributed by atoms with van der Waals surface area (Å²) in [6.07, 6.45) is 0.827. The van der Waals surface area contributed by atoms with Gasteiger partial charge in [-0.15, -0.1) is 0 Å². The molecule has 18 nitrogen and oxygen atoms in total. The molecule has 276 valence electrons. The van der Waals surface area contributed by atoms with E-state index in [2.05, 4.69) is 42.0 Å². The van der Waals surface area contributed by atoms with E-state index in [4.69, 9.17) is 0 Å². The van der Waals surface area contributed by atoms with Crippen molar-refractivity contribution in [1.29, 1.82) is 0 Å². The fourth-order valence-corrected chi connectivity index (χ4v) is 4.85. The number of carbonyl (C=O) groups excluding carboxylic acids is 9. The van der Waals surface area contributed by atoms with Crippen LogP contribution >= 0.6 is 0 Å². The smallest absolute Gasteiger partial charge is 0.325 e. The van der Waals surface area contributed by atoms with Gasteiger partial charge in [-0.2, -0.15) is 0 Å². The maximum Gasteiger partial charge on any atom is 0.325 e. The Morgan fingerprint density at radius 2 is 1.06 bits per heavy atom. The Hall–Kier alpha value is -4.77. The largest absolute Gasteiger partial charge is 0.468 e. The molecule has 0 aromatic rings. The quantitative estimate of drug-likeness (QED) is 0.0718. The molecule has 1 rings (SSSR count). The van der Waals surface area contributed by atoms with Crippen LogP contribution in [0.1, 0.15) is 61.3 Å². The molecule has 0 aromatic carbocycles. The Morgan fingerprint density at radius 1 is 0.633 bits per heavy atom. The van der Waals surface area contributed by atoms with Crippen molar-refractivity contribution in [3.63, 3.8) is 0 Å². The minimum Gasteiger partial charge on any atom is -0.468 e. The van der Waals surface area contributed by atoms with Crippen LogP contribution in [0.3, 0.4) is 0 Å². The average molecular weight is 697 g/mol. The molecule has 8 amide bonds. The third kappa shape index (κ3) is 14.5. The molecule has 4 atom stereocenters. The normalized spacial score (nSPS) is 15.8. The number of amides is 8. The molecule has 0 spiro atoms. The summed E-state index contributed by atoms with van der Waals surface area (Å²) in [6.45, 7) is 10.0. The predicted molar refractivity (Wildman–Crippen MR) is 175 cm³/mol. The van der Waals surface area contributed by atoms with Gasteiger partial charge in [0.2, 0.25) is 47.3 Å². The Kier molecular flexibility index (Phi) is 17.7. The van der Waals surface area contributed by atoms with Crippen molar-refractivity contribution in [3.05, 3.63) is 0 Å². The summed E-state index contributed by atoms with van der Waals surface area (Å²) in [5.74, 6) is -6.36. The molecule has 0 aromatic heterocycles. The summed E-state index contributed by atoms with van der Waals surface area (Å²) >= 11 is 0. The van der Waals surface area contributed by atoms with Crippen molar-refractivity contribution in [3.8, 4) is 0 Å². The number of esters is 1. The van der Waals surface area contributed by atoms with Crippen molar-refractivity contribution in [2.75, 3.05) is 39.8 Å². The zero-order chi connectivity index (χ0) is 37.4. The second-order valence-corrected chi connectivity index (χ2v) is 12.7. The number of rotatable bonds is 18. The van der Waals surface area contributed by atoms with Crippen LogP contribution in [0.4, 0.5) is 0 Å². The number of hydrogen-bond acceptors (Lipinski definition) is 10. The highest BCUT2D eigenvalue weighted by atomic mass is 16.5. The van der Waals surface area contributed by atoms with Crippen molar-refractivity contribution in [1.82, 2.24) is 42.1 Å². The van der Waals surface area contributed by atoms with Gasteiger partial charge in [-0.3, -0.25) is 43.2 Å². The molecule has 18 heteroatoms. The lowest BCUT2D eigenvalue weighted by Crippen LogP contribution is -2.57. The molecule has 7 N–H and O–H groups in total. The second-order valence-electron chi connectivity index (χ2n) is 12.7. The van der Waals surface area contributed by atoms with E-state index >= 15 is 0 Å². The molecular weight excluding hydrogens is 644 g/mol. The molecule has 0 radical (unpaired) electrons. The van der Waals surface area contributed by atoms with Gasteiger partial charge < -0.3 is 46.9 Å². The van der Waals surface area contributed by atoms with E-state index in [1.165, 1.54) is 18.9 Å². The zero-order valence-electron chi connectivity index (χ0n) is 29.5. The molecular formula is C31H52N8O10. The third-order valence-corrected chi connectivity index (χ3v) is 7.60.